The molecule has 0 saturated heterocycles. The number of benzene rings is 2. The van der Waals surface area contributed by atoms with Crippen LogP contribution in [0.3, 0.4) is 0 Å². The predicted molar refractivity (Wildman–Crippen MR) is 160 cm³/mol. The van der Waals surface area contributed by atoms with Gasteiger partial charge in [-0.1, -0.05) is 96.1 Å². The smallest absolute Gasteiger partial charge is 0.231 e. The van der Waals surface area contributed by atoms with Gasteiger partial charge in [0.2, 0.25) is 12.7 Å². The Morgan fingerprint density at radius 3 is 2.03 bits per heavy atom. The zero-order valence-corrected chi connectivity index (χ0v) is 23.9. The van der Waals surface area contributed by atoms with Crippen molar-refractivity contribution in [3.05, 3.63) is 53.1 Å². The lowest BCUT2D eigenvalue weighted by Gasteiger charge is -2.12. The zero-order chi connectivity index (χ0) is 27.3. The van der Waals surface area contributed by atoms with Gasteiger partial charge in [0.25, 0.3) is 0 Å². The van der Waals surface area contributed by atoms with Crippen LogP contribution in [0.4, 0.5) is 5.69 Å². The van der Waals surface area contributed by atoms with Gasteiger partial charge in [0.15, 0.2) is 11.5 Å². The number of ether oxygens (including phenoxy) is 2. The van der Waals surface area contributed by atoms with E-state index in [2.05, 4.69) is 22.4 Å². The summed E-state index contributed by atoms with van der Waals surface area (Å²) in [6.07, 6.45) is 18.3. The molecule has 0 bridgehead atoms. The molecule has 6 heteroatoms. The largest absolute Gasteiger partial charge is 0.454 e. The Labute approximate surface area is 234 Å². The average Bonchev–Trinajstić information content (AvgIpc) is 3.33. The lowest BCUT2D eigenvalue weighted by molar-refractivity contribution is -0.116. The van der Waals surface area contributed by atoms with Crippen LogP contribution in [0.5, 0.6) is 11.5 Å². The minimum atomic E-state index is 0.0795. The molecule has 2 aliphatic rings. The van der Waals surface area contributed by atoms with Gasteiger partial charge in [-0.15, -0.1) is 5.10 Å². The van der Waals surface area contributed by atoms with Gasteiger partial charge in [-0.25, -0.2) is 0 Å². The van der Waals surface area contributed by atoms with Gasteiger partial charge >= 0.3 is 0 Å². The Morgan fingerprint density at radius 2 is 1.38 bits per heavy atom. The summed E-state index contributed by atoms with van der Waals surface area (Å²) in [4.78, 5) is 12.5. The zero-order valence-electron chi connectivity index (χ0n) is 23.9. The normalized spacial score (nSPS) is 13.9. The first-order chi connectivity index (χ1) is 19.1. The van der Waals surface area contributed by atoms with Gasteiger partial charge in [0.05, 0.1) is 0 Å². The monoisotopic (exact) mass is 531 g/mol. The van der Waals surface area contributed by atoms with E-state index in [1.165, 1.54) is 70.6 Å². The molecule has 210 valence electrons. The van der Waals surface area contributed by atoms with Crippen molar-refractivity contribution < 1.29 is 14.3 Å². The summed E-state index contributed by atoms with van der Waals surface area (Å²) in [5, 5.41) is 12.0. The highest BCUT2D eigenvalue weighted by Crippen LogP contribution is 2.36. The second-order valence-corrected chi connectivity index (χ2v) is 10.9. The number of fused-ring (bicyclic) bond motifs is 2. The number of amides is 1. The minimum Gasteiger partial charge on any atom is -0.454 e. The average molecular weight is 532 g/mol. The molecule has 1 N–H and O–H groups in total. The molecule has 4 rings (SSSR count). The van der Waals surface area contributed by atoms with E-state index in [9.17, 15) is 4.79 Å². The number of nitrogens with zero attached hydrogens (tertiary/aromatic N) is 2. The van der Waals surface area contributed by atoms with Crippen LogP contribution < -0.4 is 14.8 Å². The standard InChI is InChI=1S/C33H45N3O3/c1-3-4-5-6-7-8-9-10-11-12-13-14-15-16-32(37)34-28-19-17-26(18-20-28)33-29-23-31-30(38-24-39-31)22-27(29)21-25(2)35-36-33/h17-20,22-23H,3-16,21,24H2,1-2H3,(H,34,37). The molecule has 2 aromatic rings. The van der Waals surface area contributed by atoms with Crippen molar-refractivity contribution in [2.75, 3.05) is 12.1 Å². The molecule has 39 heavy (non-hydrogen) atoms. The van der Waals surface area contributed by atoms with Crippen molar-refractivity contribution in [3.8, 4) is 11.5 Å². The molecule has 0 radical (unpaired) electrons. The van der Waals surface area contributed by atoms with E-state index in [0.29, 0.717) is 12.8 Å². The van der Waals surface area contributed by atoms with Crippen LogP contribution in [0, 0.1) is 0 Å². The van der Waals surface area contributed by atoms with Crippen molar-refractivity contribution in [2.24, 2.45) is 10.2 Å². The third-order valence-corrected chi connectivity index (χ3v) is 7.57. The maximum atomic E-state index is 12.5. The Hall–Kier alpha value is -3.15. The van der Waals surface area contributed by atoms with E-state index in [0.717, 1.165) is 58.1 Å². The molecule has 0 saturated carbocycles. The fourth-order valence-corrected chi connectivity index (χ4v) is 5.30. The van der Waals surface area contributed by atoms with Crippen LogP contribution in [0.1, 0.15) is 120 Å². The number of hydrogen-bond acceptors (Lipinski definition) is 5. The van der Waals surface area contributed by atoms with Crippen molar-refractivity contribution in [1.29, 1.82) is 0 Å². The van der Waals surface area contributed by atoms with Crippen molar-refractivity contribution >= 4 is 23.0 Å². The van der Waals surface area contributed by atoms with Crippen LogP contribution >= 0.6 is 0 Å². The molecular formula is C33H45N3O3. The Bertz CT molecular complexity index is 1140. The van der Waals surface area contributed by atoms with Gasteiger partial charge in [0, 0.05) is 35.4 Å². The molecule has 6 nitrogen and oxygen atoms in total. The van der Waals surface area contributed by atoms with E-state index in [1.54, 1.807) is 0 Å². The molecule has 0 fully saturated rings. The number of carbonyl (C=O) groups excluding carboxylic acids is 1. The fourth-order valence-electron chi connectivity index (χ4n) is 5.30. The van der Waals surface area contributed by atoms with Gasteiger partial charge < -0.3 is 14.8 Å². The Balaban J connectivity index is 1.16. The quantitative estimate of drug-likeness (QED) is 0.220. The number of unbranched alkanes of at least 4 members (excludes halogenated alkanes) is 12. The second kappa shape index (κ2) is 15.4. The van der Waals surface area contributed by atoms with Gasteiger partial charge in [0.1, 0.15) is 5.71 Å². The molecule has 0 unspecified atom stereocenters. The highest BCUT2D eigenvalue weighted by atomic mass is 16.7. The van der Waals surface area contributed by atoms with E-state index >= 15 is 0 Å². The molecule has 0 atom stereocenters. The number of carbonyl (C=O) groups is 1. The highest BCUT2D eigenvalue weighted by Gasteiger charge is 2.22. The SMILES string of the molecule is CCCCCCCCCCCCCCCC(=O)Nc1ccc(C2=NN=C(C)Cc3cc4c(cc32)OCO4)cc1. The van der Waals surface area contributed by atoms with Gasteiger partial charge in [-0.3, -0.25) is 4.79 Å². The maximum absolute atomic E-state index is 12.5. The van der Waals surface area contributed by atoms with Crippen molar-refractivity contribution in [1.82, 2.24) is 0 Å². The predicted octanol–water partition coefficient (Wildman–Crippen LogP) is 8.60. The summed E-state index contributed by atoms with van der Waals surface area (Å²) < 4.78 is 11.2. The summed E-state index contributed by atoms with van der Waals surface area (Å²) in [5.41, 5.74) is 5.61. The topological polar surface area (TPSA) is 72.3 Å². The van der Waals surface area contributed by atoms with Crippen molar-refractivity contribution in [2.45, 2.75) is 110 Å². The summed E-state index contributed by atoms with van der Waals surface area (Å²) >= 11 is 0. The molecule has 1 amide bonds. The van der Waals surface area contributed by atoms with Crippen LogP contribution in [-0.2, 0) is 11.2 Å². The molecule has 2 heterocycles. The Kier molecular flexibility index (Phi) is 11.4. The number of anilines is 1. The first-order valence-corrected chi connectivity index (χ1v) is 15.1. The summed E-state index contributed by atoms with van der Waals surface area (Å²) in [5.74, 6) is 1.58. The summed E-state index contributed by atoms with van der Waals surface area (Å²) in [7, 11) is 0. The minimum absolute atomic E-state index is 0.0795. The first kappa shape index (κ1) is 28.8. The van der Waals surface area contributed by atoms with Crippen LogP contribution in [0.15, 0.2) is 46.6 Å². The highest BCUT2D eigenvalue weighted by molar-refractivity contribution is 6.15. The van der Waals surface area contributed by atoms with E-state index in [1.807, 2.05) is 43.3 Å². The third-order valence-electron chi connectivity index (χ3n) is 7.57. The second-order valence-electron chi connectivity index (χ2n) is 10.9. The Morgan fingerprint density at radius 1 is 0.795 bits per heavy atom. The molecule has 0 aromatic heterocycles. The number of nitrogens with one attached hydrogen (secondary N) is 1. The van der Waals surface area contributed by atoms with E-state index < -0.39 is 0 Å². The van der Waals surface area contributed by atoms with Crippen LogP contribution in [-0.4, -0.2) is 24.1 Å². The molecule has 2 aliphatic heterocycles. The van der Waals surface area contributed by atoms with Crippen LogP contribution in [0.25, 0.3) is 0 Å². The number of hydrogen-bond donors (Lipinski definition) is 1. The van der Waals surface area contributed by atoms with Gasteiger partial charge in [-0.2, -0.15) is 5.10 Å². The molecule has 0 spiro atoms. The third kappa shape index (κ3) is 8.94. The van der Waals surface area contributed by atoms with E-state index in [4.69, 9.17) is 9.47 Å². The van der Waals surface area contributed by atoms with Crippen molar-refractivity contribution in [3.63, 3.8) is 0 Å². The lowest BCUT2D eigenvalue weighted by Crippen LogP contribution is -2.11. The molecular weight excluding hydrogens is 486 g/mol. The van der Waals surface area contributed by atoms with E-state index in [-0.39, 0.29) is 12.7 Å². The fraction of sp³-hybridized carbons (Fsp3) is 0.545. The first-order valence-electron chi connectivity index (χ1n) is 15.1. The van der Waals surface area contributed by atoms with Crippen LogP contribution in [0.2, 0.25) is 0 Å². The van der Waals surface area contributed by atoms with Gasteiger partial charge in [-0.05, 0) is 43.2 Å². The summed E-state index contributed by atoms with van der Waals surface area (Å²) in [6.45, 7) is 4.50. The lowest BCUT2D eigenvalue weighted by atomic mass is 9.94. The number of rotatable bonds is 16. The summed E-state index contributed by atoms with van der Waals surface area (Å²) in [6, 6.07) is 11.9. The molecule has 2 aromatic carbocycles. The maximum Gasteiger partial charge on any atom is 0.231 e. The molecule has 0 aliphatic carbocycles.